The van der Waals surface area contributed by atoms with E-state index in [1.807, 2.05) is 18.2 Å². The number of carbonyl (C=O) groups is 1. The Morgan fingerprint density at radius 1 is 1.03 bits per heavy atom. The van der Waals surface area contributed by atoms with E-state index in [2.05, 4.69) is 15.0 Å². The molecule has 0 aliphatic heterocycles. The fraction of sp³-hybridized carbons (Fsp3) is 0.100. The van der Waals surface area contributed by atoms with Crippen LogP contribution in [0.2, 0.25) is 0 Å². The molecule has 0 saturated heterocycles. The van der Waals surface area contributed by atoms with Gasteiger partial charge in [-0.3, -0.25) is 24.6 Å². The largest absolute Gasteiger partial charge is 0.352 e. The van der Waals surface area contributed by atoms with E-state index in [1.54, 1.807) is 6.20 Å². The highest BCUT2D eigenvalue weighted by Gasteiger charge is 2.18. The Balaban J connectivity index is 1.61. The molecule has 2 aromatic carbocycles. The highest BCUT2D eigenvalue weighted by molar-refractivity contribution is 7.92. The average molecular weight is 426 g/mol. The second kappa shape index (κ2) is 9.14. The monoisotopic (exact) mass is 426 g/mol. The van der Waals surface area contributed by atoms with Gasteiger partial charge in [-0.1, -0.05) is 12.1 Å². The van der Waals surface area contributed by atoms with Crippen LogP contribution in [-0.2, 0) is 16.4 Å². The third-order valence-corrected chi connectivity index (χ3v) is 5.51. The number of anilines is 1. The molecule has 9 nitrogen and oxygen atoms in total. The van der Waals surface area contributed by atoms with Crippen LogP contribution < -0.4 is 10.0 Å². The first-order valence-corrected chi connectivity index (χ1v) is 10.4. The number of carbonyl (C=O) groups excluding carboxylic acids is 1. The first kappa shape index (κ1) is 20.9. The smallest absolute Gasteiger partial charge is 0.270 e. The van der Waals surface area contributed by atoms with Crippen LogP contribution in [0.3, 0.4) is 0 Å². The van der Waals surface area contributed by atoms with Gasteiger partial charge in [0.15, 0.2) is 0 Å². The van der Waals surface area contributed by atoms with Gasteiger partial charge in [0.1, 0.15) is 0 Å². The van der Waals surface area contributed by atoms with Crippen LogP contribution >= 0.6 is 0 Å². The highest BCUT2D eigenvalue weighted by Crippen LogP contribution is 2.20. The van der Waals surface area contributed by atoms with Crippen molar-refractivity contribution in [2.45, 2.75) is 11.3 Å². The lowest BCUT2D eigenvalue weighted by atomic mass is 10.2. The van der Waals surface area contributed by atoms with Crippen LogP contribution in [0, 0.1) is 10.1 Å². The third-order valence-electron chi connectivity index (χ3n) is 4.13. The van der Waals surface area contributed by atoms with Crippen LogP contribution in [0.25, 0.3) is 0 Å². The molecule has 1 heterocycles. The van der Waals surface area contributed by atoms with Crippen molar-refractivity contribution in [3.63, 3.8) is 0 Å². The van der Waals surface area contributed by atoms with E-state index in [9.17, 15) is 23.3 Å². The van der Waals surface area contributed by atoms with Crippen molar-refractivity contribution in [1.29, 1.82) is 0 Å². The van der Waals surface area contributed by atoms with Gasteiger partial charge in [0.2, 0.25) is 0 Å². The van der Waals surface area contributed by atoms with E-state index in [0.717, 1.165) is 11.8 Å². The Kier molecular flexibility index (Phi) is 6.38. The predicted molar refractivity (Wildman–Crippen MR) is 111 cm³/mol. The molecule has 0 bridgehead atoms. The number of sulfonamides is 1. The molecule has 0 spiro atoms. The molecule has 0 radical (unpaired) electrons. The summed E-state index contributed by atoms with van der Waals surface area (Å²) >= 11 is 0. The first-order valence-electron chi connectivity index (χ1n) is 8.90. The Bertz CT molecular complexity index is 1150. The zero-order valence-electron chi connectivity index (χ0n) is 15.7. The number of hydrogen-bond acceptors (Lipinski definition) is 6. The lowest BCUT2D eigenvalue weighted by Crippen LogP contribution is -2.25. The van der Waals surface area contributed by atoms with Crippen LogP contribution in [0.5, 0.6) is 0 Å². The van der Waals surface area contributed by atoms with Crippen molar-refractivity contribution < 1.29 is 18.1 Å². The maximum absolute atomic E-state index is 12.5. The first-order chi connectivity index (χ1) is 14.3. The molecule has 154 valence electrons. The fourth-order valence-electron chi connectivity index (χ4n) is 2.62. The summed E-state index contributed by atoms with van der Waals surface area (Å²) in [5.41, 5.74) is 1.14. The van der Waals surface area contributed by atoms with Gasteiger partial charge in [0.05, 0.1) is 9.82 Å². The van der Waals surface area contributed by atoms with Crippen molar-refractivity contribution in [3.8, 4) is 0 Å². The minimum Gasteiger partial charge on any atom is -0.352 e. The molecule has 3 rings (SSSR count). The summed E-state index contributed by atoms with van der Waals surface area (Å²) in [5, 5.41) is 13.6. The fourth-order valence-corrected chi connectivity index (χ4v) is 3.72. The summed E-state index contributed by atoms with van der Waals surface area (Å²) in [7, 11) is -4.01. The number of benzene rings is 2. The van der Waals surface area contributed by atoms with E-state index >= 15 is 0 Å². The maximum Gasteiger partial charge on any atom is 0.270 e. The maximum atomic E-state index is 12.5. The number of amides is 1. The minimum absolute atomic E-state index is 0.228. The van der Waals surface area contributed by atoms with Crippen molar-refractivity contribution in [2.75, 3.05) is 11.3 Å². The van der Waals surface area contributed by atoms with Crippen LogP contribution in [0.1, 0.15) is 16.1 Å². The number of nitro benzene ring substituents is 1. The number of pyridine rings is 1. The number of hydrogen-bond donors (Lipinski definition) is 2. The van der Waals surface area contributed by atoms with Gasteiger partial charge < -0.3 is 5.32 Å². The molecular formula is C20H18N4O5S. The number of non-ortho nitro benzene ring substituents is 1. The number of nitro groups is 1. The molecule has 0 atom stereocenters. The highest BCUT2D eigenvalue weighted by atomic mass is 32.2. The summed E-state index contributed by atoms with van der Waals surface area (Å²) < 4.78 is 27.2. The number of nitrogens with zero attached hydrogens (tertiary/aromatic N) is 2. The number of nitrogens with one attached hydrogen (secondary N) is 2. The Labute approximate surface area is 173 Å². The Hall–Kier alpha value is -3.79. The molecule has 0 unspecified atom stereocenters. The third kappa shape index (κ3) is 5.39. The summed E-state index contributed by atoms with van der Waals surface area (Å²) in [6, 6.07) is 16.2. The van der Waals surface area contributed by atoms with E-state index in [-0.39, 0.29) is 22.2 Å². The van der Waals surface area contributed by atoms with E-state index in [4.69, 9.17) is 0 Å². The number of aromatic nitrogens is 1. The Morgan fingerprint density at radius 2 is 1.80 bits per heavy atom. The summed E-state index contributed by atoms with van der Waals surface area (Å²) in [6.45, 7) is 0.414. The van der Waals surface area contributed by atoms with E-state index in [0.29, 0.717) is 18.5 Å². The van der Waals surface area contributed by atoms with E-state index < -0.39 is 14.9 Å². The zero-order valence-corrected chi connectivity index (χ0v) is 16.5. The van der Waals surface area contributed by atoms with Crippen molar-refractivity contribution in [3.05, 3.63) is 94.3 Å². The minimum atomic E-state index is -4.01. The predicted octanol–water partition coefficient (Wildman–Crippen LogP) is 2.76. The van der Waals surface area contributed by atoms with Crippen molar-refractivity contribution in [2.24, 2.45) is 0 Å². The average Bonchev–Trinajstić information content (AvgIpc) is 2.75. The SMILES string of the molecule is O=C(NCCc1ccccn1)c1ccc(NS(=O)(=O)c2cccc([N+](=O)[O-])c2)cc1. The molecule has 10 heteroatoms. The van der Waals surface area contributed by atoms with Crippen LogP contribution in [0.4, 0.5) is 11.4 Å². The molecule has 0 saturated carbocycles. The molecule has 30 heavy (non-hydrogen) atoms. The molecule has 0 aliphatic rings. The number of rotatable bonds is 8. The van der Waals surface area contributed by atoms with Crippen molar-refractivity contribution >= 4 is 27.3 Å². The second-order valence-corrected chi connectivity index (χ2v) is 7.95. The standard InChI is InChI=1S/C20H18N4O5S/c25-20(22-13-11-16-4-1-2-12-21-16)15-7-9-17(10-8-15)23-30(28,29)19-6-3-5-18(14-19)24(26)27/h1-10,12,14,23H,11,13H2,(H,22,25). The quantitative estimate of drug-likeness (QED) is 0.421. The van der Waals surface area contributed by atoms with E-state index in [1.165, 1.54) is 42.5 Å². The summed E-state index contributed by atoms with van der Waals surface area (Å²) in [6.07, 6.45) is 2.28. The normalized spacial score (nSPS) is 10.9. The second-order valence-electron chi connectivity index (χ2n) is 6.26. The molecule has 0 fully saturated rings. The molecule has 1 amide bonds. The molecule has 3 aromatic rings. The van der Waals surface area contributed by atoms with Gasteiger partial charge in [0, 0.05) is 48.2 Å². The van der Waals surface area contributed by atoms with Gasteiger partial charge in [-0.2, -0.15) is 0 Å². The van der Waals surface area contributed by atoms with Gasteiger partial charge in [0.25, 0.3) is 21.6 Å². The molecular weight excluding hydrogens is 408 g/mol. The van der Waals surface area contributed by atoms with Gasteiger partial charge in [-0.05, 0) is 42.5 Å². The summed E-state index contributed by atoms with van der Waals surface area (Å²) in [5.74, 6) is -0.293. The molecule has 0 aliphatic carbocycles. The van der Waals surface area contributed by atoms with Gasteiger partial charge >= 0.3 is 0 Å². The lowest BCUT2D eigenvalue weighted by molar-refractivity contribution is -0.385. The summed E-state index contributed by atoms with van der Waals surface area (Å²) in [4.78, 5) is 26.3. The van der Waals surface area contributed by atoms with Gasteiger partial charge in [-0.15, -0.1) is 0 Å². The van der Waals surface area contributed by atoms with Crippen LogP contribution in [0.15, 0.2) is 77.8 Å². The topological polar surface area (TPSA) is 131 Å². The zero-order chi connectivity index (χ0) is 21.6. The lowest BCUT2D eigenvalue weighted by Gasteiger charge is -2.09. The Morgan fingerprint density at radius 3 is 2.47 bits per heavy atom. The molecule has 1 aromatic heterocycles. The van der Waals surface area contributed by atoms with Crippen molar-refractivity contribution in [1.82, 2.24) is 10.3 Å². The van der Waals surface area contributed by atoms with Crippen LogP contribution in [-0.4, -0.2) is 30.8 Å². The molecule has 2 N–H and O–H groups in total. The van der Waals surface area contributed by atoms with Gasteiger partial charge in [-0.25, -0.2) is 8.42 Å².